The van der Waals surface area contributed by atoms with Gasteiger partial charge in [0.1, 0.15) is 5.69 Å². The van der Waals surface area contributed by atoms with E-state index >= 15 is 0 Å². The topological polar surface area (TPSA) is 79.4 Å². The quantitative estimate of drug-likeness (QED) is 0.899. The molecule has 22 heavy (non-hydrogen) atoms. The summed E-state index contributed by atoms with van der Waals surface area (Å²) in [5, 5.41) is 2.72. The highest BCUT2D eigenvalue weighted by Gasteiger charge is 2.47. The monoisotopic (exact) mass is 343 g/mol. The maximum Gasteiger partial charge on any atom is 0.273 e. The molecule has 1 aliphatic heterocycles. The Balaban J connectivity index is 1.52. The number of aromatic nitrogens is 1. The number of rotatable bonds is 3. The SMILES string of the molecule is Cc1nc(C(=O)N2CCC3(CC2)CC(NS(C)(=O)=O)C3)cs1. The largest absolute Gasteiger partial charge is 0.337 e. The number of carbonyl (C=O) groups is 1. The second-order valence-electron chi connectivity index (χ2n) is 6.54. The van der Waals surface area contributed by atoms with Crippen LogP contribution in [0.15, 0.2) is 5.38 Å². The van der Waals surface area contributed by atoms with Crippen LogP contribution in [0.3, 0.4) is 0 Å². The lowest BCUT2D eigenvalue weighted by Crippen LogP contribution is -2.55. The molecule has 1 spiro atoms. The normalized spacial score (nSPS) is 21.8. The molecule has 1 N–H and O–H groups in total. The molecular formula is C14H21N3O3S2. The Labute approximate surface area is 135 Å². The first-order valence-electron chi connectivity index (χ1n) is 7.45. The van der Waals surface area contributed by atoms with Gasteiger partial charge in [-0.25, -0.2) is 18.1 Å². The number of nitrogens with one attached hydrogen (secondary N) is 1. The molecule has 0 bridgehead atoms. The van der Waals surface area contributed by atoms with Gasteiger partial charge in [0.05, 0.1) is 11.3 Å². The zero-order valence-electron chi connectivity index (χ0n) is 12.8. The van der Waals surface area contributed by atoms with E-state index in [0.29, 0.717) is 5.69 Å². The molecule has 1 saturated heterocycles. The maximum absolute atomic E-state index is 12.4. The van der Waals surface area contributed by atoms with Gasteiger partial charge >= 0.3 is 0 Å². The number of likely N-dealkylation sites (tertiary alicyclic amines) is 1. The van der Waals surface area contributed by atoms with Crippen LogP contribution < -0.4 is 4.72 Å². The van der Waals surface area contributed by atoms with E-state index in [9.17, 15) is 13.2 Å². The van der Waals surface area contributed by atoms with Gasteiger partial charge in [-0.05, 0) is 38.0 Å². The first-order valence-corrected chi connectivity index (χ1v) is 10.2. The third-order valence-corrected chi connectivity index (χ3v) is 6.22. The first kappa shape index (κ1) is 15.9. The van der Waals surface area contributed by atoms with Crippen molar-refractivity contribution >= 4 is 27.3 Å². The number of sulfonamides is 1. The Morgan fingerprint density at radius 1 is 1.41 bits per heavy atom. The Hall–Kier alpha value is -0.990. The average Bonchev–Trinajstić information content (AvgIpc) is 2.82. The Morgan fingerprint density at radius 2 is 2.05 bits per heavy atom. The van der Waals surface area contributed by atoms with Crippen LogP contribution in [-0.4, -0.2) is 49.6 Å². The van der Waals surface area contributed by atoms with Gasteiger partial charge in [-0.1, -0.05) is 0 Å². The fourth-order valence-electron chi connectivity index (χ4n) is 3.59. The molecule has 1 amide bonds. The van der Waals surface area contributed by atoms with Crippen molar-refractivity contribution in [2.75, 3.05) is 19.3 Å². The molecule has 0 unspecified atom stereocenters. The predicted molar refractivity (Wildman–Crippen MR) is 85.4 cm³/mol. The van der Waals surface area contributed by atoms with Crippen molar-refractivity contribution in [3.8, 4) is 0 Å². The summed E-state index contributed by atoms with van der Waals surface area (Å²) in [7, 11) is -3.12. The lowest BCUT2D eigenvalue weighted by molar-refractivity contribution is 0.0136. The van der Waals surface area contributed by atoms with Crippen LogP contribution in [0.5, 0.6) is 0 Å². The Bertz CT molecular complexity index is 667. The number of hydrogen-bond acceptors (Lipinski definition) is 5. The standard InChI is InChI=1S/C14H21N3O3S2/c1-10-15-12(9-21-10)13(18)17-5-3-14(4-6-17)7-11(8-14)16-22(2,19)20/h9,11,16H,3-8H2,1-2H3. The van der Waals surface area contributed by atoms with Crippen LogP contribution in [0.1, 0.15) is 41.2 Å². The fourth-order valence-corrected chi connectivity index (χ4v) is 4.95. The van der Waals surface area contributed by atoms with E-state index in [0.717, 1.165) is 43.8 Å². The number of nitrogens with zero attached hydrogens (tertiary/aromatic N) is 2. The van der Waals surface area contributed by atoms with E-state index in [-0.39, 0.29) is 17.4 Å². The van der Waals surface area contributed by atoms with Gasteiger partial charge in [0.25, 0.3) is 5.91 Å². The zero-order chi connectivity index (χ0) is 16.0. The van der Waals surface area contributed by atoms with Crippen LogP contribution in [0.25, 0.3) is 0 Å². The molecule has 8 heteroatoms. The first-order chi connectivity index (χ1) is 10.3. The molecule has 1 aromatic rings. The summed E-state index contributed by atoms with van der Waals surface area (Å²) in [5.41, 5.74) is 0.764. The minimum atomic E-state index is -3.12. The number of hydrogen-bond donors (Lipinski definition) is 1. The van der Waals surface area contributed by atoms with Crippen molar-refractivity contribution in [1.82, 2.24) is 14.6 Å². The van der Waals surface area contributed by atoms with Crippen molar-refractivity contribution in [1.29, 1.82) is 0 Å². The molecule has 122 valence electrons. The van der Waals surface area contributed by atoms with Crippen molar-refractivity contribution in [3.63, 3.8) is 0 Å². The van der Waals surface area contributed by atoms with Gasteiger partial charge in [0, 0.05) is 24.5 Å². The number of amides is 1. The zero-order valence-corrected chi connectivity index (χ0v) is 14.5. The number of thiazole rings is 1. The molecule has 2 fully saturated rings. The van der Waals surface area contributed by atoms with E-state index in [1.165, 1.54) is 17.6 Å². The Morgan fingerprint density at radius 3 is 2.55 bits per heavy atom. The van der Waals surface area contributed by atoms with E-state index in [1.807, 2.05) is 17.2 Å². The second-order valence-corrected chi connectivity index (χ2v) is 9.38. The van der Waals surface area contributed by atoms with E-state index in [4.69, 9.17) is 0 Å². The number of aryl methyl sites for hydroxylation is 1. The van der Waals surface area contributed by atoms with Crippen molar-refractivity contribution < 1.29 is 13.2 Å². The third-order valence-electron chi connectivity index (χ3n) is 4.69. The van der Waals surface area contributed by atoms with Crippen molar-refractivity contribution in [2.24, 2.45) is 5.41 Å². The molecule has 0 radical (unpaired) electrons. The molecule has 1 aliphatic carbocycles. The minimum Gasteiger partial charge on any atom is -0.337 e. The molecule has 1 saturated carbocycles. The molecular weight excluding hydrogens is 322 g/mol. The minimum absolute atomic E-state index is 0.0179. The summed E-state index contributed by atoms with van der Waals surface area (Å²) in [4.78, 5) is 18.5. The average molecular weight is 343 g/mol. The summed E-state index contributed by atoms with van der Waals surface area (Å²) in [6.45, 7) is 3.37. The highest BCUT2D eigenvalue weighted by molar-refractivity contribution is 7.88. The molecule has 0 aromatic carbocycles. The van der Waals surface area contributed by atoms with Crippen molar-refractivity contribution in [3.05, 3.63) is 16.1 Å². The highest BCUT2D eigenvalue weighted by Crippen LogP contribution is 2.49. The van der Waals surface area contributed by atoms with Crippen LogP contribution in [0.4, 0.5) is 0 Å². The van der Waals surface area contributed by atoms with Gasteiger partial charge in [-0.3, -0.25) is 4.79 Å². The van der Waals surface area contributed by atoms with Gasteiger partial charge in [0.2, 0.25) is 10.0 Å². The molecule has 3 rings (SSSR count). The van der Waals surface area contributed by atoms with Crippen molar-refractivity contribution in [2.45, 2.75) is 38.6 Å². The van der Waals surface area contributed by atoms with Gasteiger partial charge in [-0.2, -0.15) is 0 Å². The highest BCUT2D eigenvalue weighted by atomic mass is 32.2. The summed E-state index contributed by atoms with van der Waals surface area (Å²) in [6.07, 6.45) is 4.87. The van der Waals surface area contributed by atoms with E-state index < -0.39 is 10.0 Å². The molecule has 6 nitrogen and oxygen atoms in total. The van der Waals surface area contributed by atoms with E-state index in [1.54, 1.807) is 0 Å². The summed E-state index contributed by atoms with van der Waals surface area (Å²) < 4.78 is 25.1. The fraction of sp³-hybridized carbons (Fsp3) is 0.714. The summed E-state index contributed by atoms with van der Waals surface area (Å²) in [5.74, 6) is 0.0179. The molecule has 2 heterocycles. The number of carbonyl (C=O) groups excluding carboxylic acids is 1. The smallest absolute Gasteiger partial charge is 0.273 e. The predicted octanol–water partition coefficient (Wildman–Crippen LogP) is 1.39. The molecule has 1 aromatic heterocycles. The lowest BCUT2D eigenvalue weighted by Gasteiger charge is -2.52. The summed E-state index contributed by atoms with van der Waals surface area (Å²) >= 11 is 1.49. The summed E-state index contributed by atoms with van der Waals surface area (Å²) in [6, 6.07) is 0.0680. The second kappa shape index (κ2) is 5.58. The molecule has 0 atom stereocenters. The van der Waals surface area contributed by atoms with Gasteiger partial charge in [-0.15, -0.1) is 11.3 Å². The van der Waals surface area contributed by atoms with Crippen LogP contribution in [0, 0.1) is 12.3 Å². The number of piperidine rings is 1. The van der Waals surface area contributed by atoms with Crippen LogP contribution in [-0.2, 0) is 10.0 Å². The van der Waals surface area contributed by atoms with Gasteiger partial charge in [0.15, 0.2) is 0 Å². The molecule has 2 aliphatic rings. The van der Waals surface area contributed by atoms with Gasteiger partial charge < -0.3 is 4.90 Å². The third kappa shape index (κ3) is 3.33. The maximum atomic E-state index is 12.4. The lowest BCUT2D eigenvalue weighted by atomic mass is 9.60. The van der Waals surface area contributed by atoms with Crippen LogP contribution >= 0.6 is 11.3 Å². The van der Waals surface area contributed by atoms with E-state index in [2.05, 4.69) is 9.71 Å². The van der Waals surface area contributed by atoms with Crippen LogP contribution in [0.2, 0.25) is 0 Å². The Kier molecular flexibility index (Phi) is 4.03.